The van der Waals surface area contributed by atoms with Crippen molar-refractivity contribution in [1.82, 2.24) is 4.57 Å². The quantitative estimate of drug-likeness (QED) is 0.426. The number of amides is 1. The molecule has 1 heterocycles. The van der Waals surface area contributed by atoms with Crippen LogP contribution < -0.4 is 15.5 Å². The molecule has 0 saturated heterocycles. The Morgan fingerprint density at radius 1 is 1.03 bits per heavy atom. The van der Waals surface area contributed by atoms with Crippen LogP contribution in [0.25, 0.3) is 10.9 Å². The smallest absolute Gasteiger partial charge is 0.244 e. The number of carbonyl (C=O) groups is 1. The number of nitrogens with zero attached hydrogens (tertiary/aromatic N) is 1. The molecule has 174 valence electrons. The number of aryl methyl sites for hydroxylation is 1. The van der Waals surface area contributed by atoms with Gasteiger partial charge in [0.15, 0.2) is 0 Å². The van der Waals surface area contributed by atoms with Crippen molar-refractivity contribution >= 4 is 43.9 Å². The van der Waals surface area contributed by atoms with Gasteiger partial charge in [-0.25, -0.2) is 8.42 Å². The summed E-state index contributed by atoms with van der Waals surface area (Å²) in [6.45, 7) is 1.73. The van der Waals surface area contributed by atoms with Gasteiger partial charge in [-0.1, -0.05) is 29.3 Å². The fourth-order valence-corrected chi connectivity index (χ4v) is 5.03. The molecule has 0 spiro atoms. The third-order valence-corrected chi connectivity index (χ3v) is 7.33. The number of fused-ring (bicyclic) bond motifs is 1. The molecule has 0 saturated carbocycles. The van der Waals surface area contributed by atoms with Crippen LogP contribution in [0.1, 0.15) is 5.56 Å². The second kappa shape index (κ2) is 9.32. The van der Waals surface area contributed by atoms with Gasteiger partial charge in [0.25, 0.3) is 0 Å². The van der Waals surface area contributed by atoms with E-state index in [2.05, 4.69) is 5.32 Å². The summed E-state index contributed by atoms with van der Waals surface area (Å²) in [5.41, 5.74) is 1.38. The molecule has 0 aliphatic heterocycles. The Kier molecular flexibility index (Phi) is 6.45. The summed E-state index contributed by atoms with van der Waals surface area (Å²) in [5.74, 6) is 0.0146. The third-order valence-electron chi connectivity index (χ3n) is 5.32. The maximum atomic E-state index is 13.3. The van der Waals surface area contributed by atoms with E-state index in [4.69, 9.17) is 16.3 Å². The molecule has 0 bridgehead atoms. The van der Waals surface area contributed by atoms with Crippen molar-refractivity contribution in [3.8, 4) is 5.75 Å². The predicted octanol–water partition coefficient (Wildman–Crippen LogP) is 4.44. The maximum Gasteiger partial charge on any atom is 0.244 e. The number of anilines is 1. The number of aromatic nitrogens is 1. The van der Waals surface area contributed by atoms with Gasteiger partial charge in [0.05, 0.1) is 22.9 Å². The summed E-state index contributed by atoms with van der Waals surface area (Å²) in [4.78, 5) is 25.5. The van der Waals surface area contributed by atoms with Crippen LogP contribution in [-0.4, -0.2) is 26.0 Å². The maximum absolute atomic E-state index is 13.3. The van der Waals surface area contributed by atoms with Crippen LogP contribution in [0.2, 0.25) is 5.02 Å². The summed E-state index contributed by atoms with van der Waals surface area (Å²) in [7, 11) is -2.74. The molecule has 1 N–H and O–H groups in total. The minimum atomic E-state index is -4.18. The zero-order valence-electron chi connectivity index (χ0n) is 18.4. The molecule has 0 atom stereocenters. The van der Waals surface area contributed by atoms with Gasteiger partial charge >= 0.3 is 0 Å². The topological polar surface area (TPSA) is 94.5 Å². The SMILES string of the molecule is COc1ccc2c(c1)c(=O)c(S(=O)(=O)c1ccc(Cl)cc1)cn2CC(=O)Nc1ccc(C)cc1. The number of rotatable bonds is 6. The van der Waals surface area contributed by atoms with Crippen molar-refractivity contribution in [1.29, 1.82) is 0 Å². The second-order valence-electron chi connectivity index (χ2n) is 7.71. The normalized spacial score (nSPS) is 11.4. The van der Waals surface area contributed by atoms with Crippen molar-refractivity contribution in [2.24, 2.45) is 0 Å². The Hall–Kier alpha value is -3.62. The Labute approximate surface area is 201 Å². The lowest BCUT2D eigenvalue weighted by Gasteiger charge is -2.15. The first-order valence-electron chi connectivity index (χ1n) is 10.3. The first-order chi connectivity index (χ1) is 16.2. The van der Waals surface area contributed by atoms with E-state index in [-0.39, 0.29) is 22.7 Å². The number of benzene rings is 3. The van der Waals surface area contributed by atoms with E-state index in [1.54, 1.807) is 24.3 Å². The minimum absolute atomic E-state index is 0.0769. The molecule has 0 fully saturated rings. The lowest BCUT2D eigenvalue weighted by molar-refractivity contribution is -0.116. The number of pyridine rings is 1. The molecular formula is C25H21ClN2O5S. The van der Waals surface area contributed by atoms with Crippen LogP contribution in [0.5, 0.6) is 5.75 Å². The number of nitrogens with one attached hydrogen (secondary N) is 1. The van der Waals surface area contributed by atoms with Gasteiger partial charge in [-0.15, -0.1) is 0 Å². The van der Waals surface area contributed by atoms with Crippen molar-refractivity contribution < 1.29 is 17.9 Å². The highest BCUT2D eigenvalue weighted by molar-refractivity contribution is 7.91. The zero-order valence-corrected chi connectivity index (χ0v) is 20.0. The van der Waals surface area contributed by atoms with E-state index in [0.29, 0.717) is 22.0 Å². The largest absolute Gasteiger partial charge is 0.497 e. The van der Waals surface area contributed by atoms with Gasteiger partial charge in [-0.2, -0.15) is 0 Å². The van der Waals surface area contributed by atoms with Crippen LogP contribution in [0, 0.1) is 6.92 Å². The molecule has 1 aromatic heterocycles. The van der Waals surface area contributed by atoms with Crippen LogP contribution >= 0.6 is 11.6 Å². The monoisotopic (exact) mass is 496 g/mol. The summed E-state index contributed by atoms with van der Waals surface area (Å²) in [5, 5.41) is 3.28. The van der Waals surface area contributed by atoms with Crippen LogP contribution in [0.15, 0.2) is 87.5 Å². The standard InChI is InChI=1S/C25H21ClN2O5S/c1-16-3-7-18(8-4-16)27-24(29)15-28-14-23(34(31,32)20-10-5-17(26)6-11-20)25(30)21-13-19(33-2)9-12-22(21)28/h3-14H,15H2,1-2H3,(H,27,29). The number of halogens is 1. The first kappa shape index (κ1) is 23.5. The predicted molar refractivity (Wildman–Crippen MR) is 131 cm³/mol. The summed E-state index contributed by atoms with van der Waals surface area (Å²) >= 11 is 5.89. The first-order valence-corrected chi connectivity index (χ1v) is 12.1. The Bertz CT molecular complexity index is 1540. The van der Waals surface area contributed by atoms with E-state index in [1.807, 2.05) is 19.1 Å². The molecule has 1 amide bonds. The molecule has 34 heavy (non-hydrogen) atoms. The third kappa shape index (κ3) is 4.69. The van der Waals surface area contributed by atoms with Gasteiger partial charge in [0.2, 0.25) is 21.2 Å². The molecular weight excluding hydrogens is 476 g/mol. The highest BCUT2D eigenvalue weighted by Gasteiger charge is 2.24. The van der Waals surface area contributed by atoms with Gasteiger partial charge in [0.1, 0.15) is 17.2 Å². The van der Waals surface area contributed by atoms with Crippen LogP contribution in [-0.2, 0) is 21.2 Å². The number of hydrogen-bond acceptors (Lipinski definition) is 5. The van der Waals surface area contributed by atoms with E-state index in [9.17, 15) is 18.0 Å². The molecule has 0 radical (unpaired) electrons. The average Bonchev–Trinajstić information content (AvgIpc) is 2.82. The number of carbonyl (C=O) groups excluding carboxylic acids is 1. The highest BCUT2D eigenvalue weighted by atomic mass is 35.5. The molecule has 0 unspecified atom stereocenters. The second-order valence-corrected chi connectivity index (χ2v) is 10.1. The van der Waals surface area contributed by atoms with Gasteiger partial charge < -0.3 is 14.6 Å². The van der Waals surface area contributed by atoms with Crippen molar-refractivity contribution in [2.75, 3.05) is 12.4 Å². The van der Waals surface area contributed by atoms with E-state index < -0.39 is 20.2 Å². The zero-order chi connectivity index (χ0) is 24.5. The Balaban J connectivity index is 1.83. The summed E-state index contributed by atoms with van der Waals surface area (Å²) < 4.78 is 33.3. The Morgan fingerprint density at radius 2 is 1.71 bits per heavy atom. The molecule has 9 heteroatoms. The molecule has 4 aromatic rings. The van der Waals surface area contributed by atoms with Crippen molar-refractivity contribution in [3.05, 3.63) is 93.7 Å². The van der Waals surface area contributed by atoms with Crippen molar-refractivity contribution in [3.63, 3.8) is 0 Å². The molecule has 3 aromatic carbocycles. The minimum Gasteiger partial charge on any atom is -0.497 e. The van der Waals surface area contributed by atoms with Crippen LogP contribution in [0.3, 0.4) is 0 Å². The number of hydrogen-bond donors (Lipinski definition) is 1. The van der Waals surface area contributed by atoms with E-state index in [0.717, 1.165) is 5.56 Å². The Morgan fingerprint density at radius 3 is 2.35 bits per heavy atom. The summed E-state index contributed by atoms with van der Waals surface area (Å²) in [6.07, 6.45) is 1.20. The summed E-state index contributed by atoms with van der Waals surface area (Å²) in [6, 6.07) is 17.6. The lowest BCUT2D eigenvalue weighted by atomic mass is 10.2. The molecule has 0 aliphatic carbocycles. The number of ether oxygens (including phenoxy) is 1. The number of sulfone groups is 1. The molecule has 0 aliphatic rings. The fourth-order valence-electron chi connectivity index (χ4n) is 3.53. The fraction of sp³-hybridized carbons (Fsp3) is 0.120. The van der Waals surface area contributed by atoms with Crippen LogP contribution in [0.4, 0.5) is 5.69 Å². The van der Waals surface area contributed by atoms with E-state index in [1.165, 1.54) is 48.2 Å². The molecule has 7 nitrogen and oxygen atoms in total. The van der Waals surface area contributed by atoms with Gasteiger partial charge in [-0.3, -0.25) is 9.59 Å². The lowest BCUT2D eigenvalue weighted by Crippen LogP contribution is -2.24. The van der Waals surface area contributed by atoms with Gasteiger partial charge in [-0.05, 0) is 61.5 Å². The molecule has 4 rings (SSSR count). The number of methoxy groups -OCH3 is 1. The highest BCUT2D eigenvalue weighted by Crippen LogP contribution is 2.25. The van der Waals surface area contributed by atoms with E-state index >= 15 is 0 Å². The average molecular weight is 497 g/mol. The van der Waals surface area contributed by atoms with Gasteiger partial charge in [0, 0.05) is 16.9 Å². The van der Waals surface area contributed by atoms with Crippen molar-refractivity contribution in [2.45, 2.75) is 23.3 Å².